The average Bonchev–Trinajstić information content (AvgIpc) is 3.40. The molecule has 1 amide bonds. The van der Waals surface area contributed by atoms with Gasteiger partial charge >= 0.3 is 0 Å². The fraction of sp³-hybridized carbons (Fsp3) is 0.304. The number of nitrogens with one attached hydrogen (secondary N) is 1. The molecule has 0 aliphatic carbocycles. The molecule has 3 heterocycles. The first kappa shape index (κ1) is 21.0. The van der Waals surface area contributed by atoms with Crippen molar-refractivity contribution in [2.45, 2.75) is 32.6 Å². The van der Waals surface area contributed by atoms with E-state index >= 15 is 0 Å². The van der Waals surface area contributed by atoms with E-state index in [1.54, 1.807) is 12.1 Å². The van der Waals surface area contributed by atoms with Crippen LogP contribution in [-0.4, -0.2) is 24.9 Å². The number of rotatable bonds is 8. The summed E-state index contributed by atoms with van der Waals surface area (Å²) in [5.41, 5.74) is 8.44. The number of nitrogen functional groups attached to an aromatic ring is 1. The van der Waals surface area contributed by atoms with Gasteiger partial charge in [0.25, 0.3) is 0 Å². The highest BCUT2D eigenvalue weighted by atomic mass is 32.1. The number of amides is 1. The topological polar surface area (TPSA) is 104 Å². The predicted molar refractivity (Wildman–Crippen MR) is 119 cm³/mol. The van der Waals surface area contributed by atoms with Crippen molar-refractivity contribution < 1.29 is 23.5 Å². The Balaban J connectivity index is 1.75. The van der Waals surface area contributed by atoms with Crippen LogP contribution in [0.2, 0.25) is 0 Å². The maximum absolute atomic E-state index is 12.8. The lowest BCUT2D eigenvalue weighted by atomic mass is 9.86. The SMILES string of the molecule is CCCOc1ccc([C@H]2CC(=O)Nc3sc(C(=O)c4ccco4)c(N)c32)cc1OCC. The molecule has 4 rings (SSSR count). The van der Waals surface area contributed by atoms with Crippen molar-refractivity contribution in [1.82, 2.24) is 0 Å². The predicted octanol–water partition coefficient (Wildman–Crippen LogP) is 4.82. The van der Waals surface area contributed by atoms with E-state index in [4.69, 9.17) is 19.6 Å². The van der Waals surface area contributed by atoms with Gasteiger partial charge in [-0.1, -0.05) is 13.0 Å². The maximum Gasteiger partial charge on any atom is 0.240 e. The Morgan fingerprint density at radius 2 is 2.10 bits per heavy atom. The van der Waals surface area contributed by atoms with Crippen LogP contribution in [0.25, 0.3) is 0 Å². The van der Waals surface area contributed by atoms with E-state index in [9.17, 15) is 9.59 Å². The molecule has 3 N–H and O–H groups in total. The van der Waals surface area contributed by atoms with E-state index in [-0.39, 0.29) is 29.8 Å². The fourth-order valence-electron chi connectivity index (χ4n) is 3.67. The van der Waals surface area contributed by atoms with E-state index in [2.05, 4.69) is 5.32 Å². The number of nitrogens with two attached hydrogens (primary N) is 1. The van der Waals surface area contributed by atoms with Gasteiger partial charge in [0, 0.05) is 17.9 Å². The Kier molecular flexibility index (Phi) is 5.99. The number of thiophene rings is 1. The summed E-state index contributed by atoms with van der Waals surface area (Å²) in [4.78, 5) is 25.6. The summed E-state index contributed by atoms with van der Waals surface area (Å²) in [6.07, 6.45) is 2.55. The van der Waals surface area contributed by atoms with E-state index in [0.717, 1.165) is 17.5 Å². The van der Waals surface area contributed by atoms with Gasteiger partial charge < -0.3 is 24.9 Å². The number of benzene rings is 1. The van der Waals surface area contributed by atoms with Crippen LogP contribution >= 0.6 is 11.3 Å². The van der Waals surface area contributed by atoms with Gasteiger partial charge in [0.2, 0.25) is 11.7 Å². The number of anilines is 2. The molecule has 2 aromatic heterocycles. The van der Waals surface area contributed by atoms with Crippen LogP contribution in [0.4, 0.5) is 10.7 Å². The molecule has 1 aliphatic heterocycles. The third kappa shape index (κ3) is 4.03. The van der Waals surface area contributed by atoms with Gasteiger partial charge in [0.05, 0.1) is 25.2 Å². The van der Waals surface area contributed by atoms with Gasteiger partial charge in [-0.05, 0) is 43.2 Å². The summed E-state index contributed by atoms with van der Waals surface area (Å²) < 4.78 is 16.8. The first-order valence-electron chi connectivity index (χ1n) is 10.2. The molecule has 0 unspecified atom stereocenters. The van der Waals surface area contributed by atoms with E-state index in [0.29, 0.717) is 40.3 Å². The molecule has 1 aromatic carbocycles. The van der Waals surface area contributed by atoms with Crippen molar-refractivity contribution in [1.29, 1.82) is 0 Å². The molecule has 1 aliphatic rings. The zero-order valence-corrected chi connectivity index (χ0v) is 18.2. The standard InChI is InChI=1S/C23H24N2O5S/c1-3-9-29-15-8-7-13(11-17(15)28-4-2)14-12-18(26)25-23-19(14)20(24)22(31-23)21(27)16-6-5-10-30-16/h5-8,10-11,14H,3-4,9,12,24H2,1-2H3,(H,25,26)/t14-/m1/s1. The van der Waals surface area contributed by atoms with Gasteiger partial charge in [-0.15, -0.1) is 11.3 Å². The van der Waals surface area contributed by atoms with Crippen LogP contribution in [0.5, 0.6) is 11.5 Å². The summed E-state index contributed by atoms with van der Waals surface area (Å²) in [6.45, 7) is 5.03. The molecule has 1 atom stereocenters. The number of furan rings is 1. The molecule has 0 bridgehead atoms. The highest BCUT2D eigenvalue weighted by Gasteiger charge is 2.34. The Bertz CT molecular complexity index is 1100. The third-order valence-corrected chi connectivity index (χ3v) is 6.19. The van der Waals surface area contributed by atoms with Crippen molar-refractivity contribution in [3.63, 3.8) is 0 Å². The second-order valence-electron chi connectivity index (χ2n) is 7.19. The van der Waals surface area contributed by atoms with E-state index in [1.165, 1.54) is 17.6 Å². The number of carbonyl (C=O) groups excluding carboxylic acids is 2. The lowest BCUT2D eigenvalue weighted by Gasteiger charge is -2.24. The van der Waals surface area contributed by atoms with Crippen LogP contribution in [0.3, 0.4) is 0 Å². The van der Waals surface area contributed by atoms with Crippen LogP contribution in [0.1, 0.15) is 59.2 Å². The smallest absolute Gasteiger partial charge is 0.240 e. The average molecular weight is 441 g/mol. The van der Waals surface area contributed by atoms with Crippen LogP contribution in [0, 0.1) is 0 Å². The molecule has 7 nitrogen and oxygen atoms in total. The minimum absolute atomic E-state index is 0.125. The number of hydrogen-bond donors (Lipinski definition) is 2. The number of fused-ring (bicyclic) bond motifs is 1. The highest BCUT2D eigenvalue weighted by Crippen LogP contribution is 2.48. The lowest BCUT2D eigenvalue weighted by Crippen LogP contribution is -2.22. The summed E-state index contributed by atoms with van der Waals surface area (Å²) in [6, 6.07) is 8.93. The lowest BCUT2D eigenvalue weighted by molar-refractivity contribution is -0.116. The van der Waals surface area contributed by atoms with Crippen LogP contribution in [0.15, 0.2) is 41.0 Å². The quantitative estimate of drug-likeness (QED) is 0.487. The fourth-order valence-corrected chi connectivity index (χ4v) is 4.82. The molecule has 8 heteroatoms. The van der Waals surface area contributed by atoms with Crippen LogP contribution < -0.4 is 20.5 Å². The van der Waals surface area contributed by atoms with Crippen molar-refractivity contribution in [2.24, 2.45) is 0 Å². The molecule has 31 heavy (non-hydrogen) atoms. The number of hydrogen-bond acceptors (Lipinski definition) is 7. The minimum Gasteiger partial charge on any atom is -0.490 e. The van der Waals surface area contributed by atoms with Gasteiger partial charge in [-0.3, -0.25) is 9.59 Å². The highest BCUT2D eigenvalue weighted by molar-refractivity contribution is 7.19. The molecule has 0 fully saturated rings. The number of ketones is 1. The Morgan fingerprint density at radius 1 is 1.26 bits per heavy atom. The van der Waals surface area contributed by atoms with Gasteiger partial charge in [-0.25, -0.2) is 0 Å². The van der Waals surface area contributed by atoms with Crippen LogP contribution in [-0.2, 0) is 4.79 Å². The summed E-state index contributed by atoms with van der Waals surface area (Å²) in [5.74, 6) is 0.789. The first-order chi connectivity index (χ1) is 15.0. The molecular formula is C23H24N2O5S. The molecule has 0 radical (unpaired) electrons. The Labute approximate surface area is 184 Å². The molecule has 0 saturated heterocycles. The largest absolute Gasteiger partial charge is 0.490 e. The molecular weight excluding hydrogens is 416 g/mol. The van der Waals surface area contributed by atoms with Gasteiger partial charge in [0.15, 0.2) is 17.3 Å². The van der Waals surface area contributed by atoms with E-state index < -0.39 is 0 Å². The number of ether oxygens (including phenoxy) is 2. The zero-order valence-electron chi connectivity index (χ0n) is 17.4. The molecule has 162 valence electrons. The summed E-state index contributed by atoms with van der Waals surface area (Å²) in [5, 5.41) is 3.46. The second kappa shape index (κ2) is 8.85. The third-order valence-electron chi connectivity index (χ3n) is 5.06. The summed E-state index contributed by atoms with van der Waals surface area (Å²) >= 11 is 1.18. The zero-order chi connectivity index (χ0) is 22.0. The van der Waals surface area contributed by atoms with Gasteiger partial charge in [0.1, 0.15) is 9.88 Å². The van der Waals surface area contributed by atoms with Crippen molar-refractivity contribution in [3.8, 4) is 11.5 Å². The Hall–Kier alpha value is -3.26. The minimum atomic E-state index is -0.298. The van der Waals surface area contributed by atoms with Crippen molar-refractivity contribution in [2.75, 3.05) is 24.3 Å². The van der Waals surface area contributed by atoms with Crippen molar-refractivity contribution >= 4 is 33.7 Å². The van der Waals surface area contributed by atoms with Gasteiger partial charge in [-0.2, -0.15) is 0 Å². The molecule has 3 aromatic rings. The second-order valence-corrected chi connectivity index (χ2v) is 8.21. The summed E-state index contributed by atoms with van der Waals surface area (Å²) in [7, 11) is 0. The van der Waals surface area contributed by atoms with E-state index in [1.807, 2.05) is 32.0 Å². The molecule has 0 spiro atoms. The maximum atomic E-state index is 12.8. The Morgan fingerprint density at radius 3 is 2.81 bits per heavy atom. The monoisotopic (exact) mass is 440 g/mol. The molecule has 0 saturated carbocycles. The number of carbonyl (C=O) groups is 2. The first-order valence-corrected chi connectivity index (χ1v) is 11.0. The van der Waals surface area contributed by atoms with Crippen molar-refractivity contribution in [3.05, 3.63) is 58.4 Å². The normalized spacial score (nSPS) is 15.3.